The van der Waals surface area contributed by atoms with Crippen molar-refractivity contribution in [3.8, 4) is 5.75 Å². The molecule has 0 bridgehead atoms. The van der Waals surface area contributed by atoms with Crippen LogP contribution in [-0.2, 0) is 0 Å². The van der Waals surface area contributed by atoms with E-state index in [-0.39, 0.29) is 5.11 Å². The summed E-state index contributed by atoms with van der Waals surface area (Å²) in [4.78, 5) is 24.2. The Morgan fingerprint density at radius 2 is 1.76 bits per heavy atom. The van der Waals surface area contributed by atoms with Crippen molar-refractivity contribution in [3.05, 3.63) is 63.1 Å². The van der Waals surface area contributed by atoms with Gasteiger partial charge in [0.2, 0.25) is 0 Å². The Morgan fingerprint density at radius 3 is 2.40 bits per heavy atom. The summed E-state index contributed by atoms with van der Waals surface area (Å²) >= 11 is 14.1. The van der Waals surface area contributed by atoms with Gasteiger partial charge in [-0.3, -0.25) is 25.8 Å². The van der Waals surface area contributed by atoms with Crippen LogP contribution in [0.4, 0.5) is 0 Å². The molecule has 0 fully saturated rings. The molecule has 0 aliphatic carbocycles. The predicted octanol–water partition coefficient (Wildman–Crippen LogP) is 3.06. The maximum atomic E-state index is 12.3. The van der Waals surface area contributed by atoms with E-state index in [1.165, 1.54) is 7.11 Å². The molecule has 0 atom stereocenters. The summed E-state index contributed by atoms with van der Waals surface area (Å²) in [5, 5.41) is 2.92. The van der Waals surface area contributed by atoms with Crippen molar-refractivity contribution in [1.82, 2.24) is 16.2 Å². The van der Waals surface area contributed by atoms with Gasteiger partial charge in [0.05, 0.1) is 12.7 Å². The summed E-state index contributed by atoms with van der Waals surface area (Å²) in [6.07, 6.45) is 0. The Hall–Kier alpha value is -2.16. The van der Waals surface area contributed by atoms with Gasteiger partial charge in [-0.2, -0.15) is 0 Å². The van der Waals surface area contributed by atoms with Crippen LogP contribution in [0.1, 0.15) is 20.7 Å². The smallest absolute Gasteiger partial charge is 0.269 e. The van der Waals surface area contributed by atoms with Crippen molar-refractivity contribution in [3.63, 3.8) is 0 Å². The summed E-state index contributed by atoms with van der Waals surface area (Å²) < 4.78 is 5.86. The van der Waals surface area contributed by atoms with E-state index in [0.29, 0.717) is 26.4 Å². The molecule has 0 spiro atoms. The molecule has 0 unspecified atom stereocenters. The first kappa shape index (κ1) is 19.2. The molecule has 0 saturated carbocycles. The number of benzene rings is 2. The van der Waals surface area contributed by atoms with Gasteiger partial charge in [-0.1, -0.05) is 27.5 Å². The van der Waals surface area contributed by atoms with E-state index in [1.54, 1.807) is 42.5 Å². The molecule has 0 aromatic heterocycles. The van der Waals surface area contributed by atoms with Crippen molar-refractivity contribution < 1.29 is 14.3 Å². The van der Waals surface area contributed by atoms with Crippen LogP contribution in [0.15, 0.2) is 46.9 Å². The number of hydrazine groups is 1. The van der Waals surface area contributed by atoms with Crippen LogP contribution < -0.4 is 20.9 Å². The van der Waals surface area contributed by atoms with Gasteiger partial charge in [-0.15, -0.1) is 0 Å². The van der Waals surface area contributed by atoms with Crippen LogP contribution in [-0.4, -0.2) is 24.0 Å². The molecule has 0 aliphatic rings. The molecule has 0 heterocycles. The maximum absolute atomic E-state index is 12.3. The van der Waals surface area contributed by atoms with Gasteiger partial charge in [0.1, 0.15) is 5.75 Å². The molecule has 0 radical (unpaired) electrons. The van der Waals surface area contributed by atoms with E-state index in [4.69, 9.17) is 28.6 Å². The number of carbonyl (C=O) groups excluding carboxylic acids is 2. The predicted molar refractivity (Wildman–Crippen MR) is 103 cm³/mol. The topological polar surface area (TPSA) is 79.5 Å². The van der Waals surface area contributed by atoms with Crippen molar-refractivity contribution in [1.29, 1.82) is 0 Å². The van der Waals surface area contributed by atoms with Crippen LogP contribution in [0, 0.1) is 0 Å². The third-order valence-corrected chi connectivity index (χ3v) is 3.98. The van der Waals surface area contributed by atoms with E-state index in [9.17, 15) is 9.59 Å². The lowest BCUT2D eigenvalue weighted by atomic mass is 10.2. The molecule has 0 aliphatic heterocycles. The number of thiocarbonyl (C=S) groups is 1. The van der Waals surface area contributed by atoms with Crippen LogP contribution in [0.25, 0.3) is 0 Å². The molecular weight excluding hydrogens is 430 g/mol. The molecular formula is C16H13BrClN3O3S. The maximum Gasteiger partial charge on any atom is 0.269 e. The Balaban J connectivity index is 1.94. The van der Waals surface area contributed by atoms with Gasteiger partial charge < -0.3 is 4.74 Å². The second-order valence-electron chi connectivity index (χ2n) is 4.71. The van der Waals surface area contributed by atoms with Gasteiger partial charge in [-0.05, 0) is 54.7 Å². The molecule has 130 valence electrons. The van der Waals surface area contributed by atoms with E-state index in [2.05, 4.69) is 32.1 Å². The molecule has 2 aromatic carbocycles. The average molecular weight is 443 g/mol. The van der Waals surface area contributed by atoms with Crippen molar-refractivity contribution in [2.45, 2.75) is 0 Å². The summed E-state index contributed by atoms with van der Waals surface area (Å²) in [6, 6.07) is 11.3. The SMILES string of the molecule is COc1ccc(Br)cc1C(=O)NC(=S)NNC(=O)c1ccc(Cl)cc1. The number of hydrogen-bond acceptors (Lipinski definition) is 4. The first-order chi connectivity index (χ1) is 11.9. The van der Waals surface area contributed by atoms with Crippen molar-refractivity contribution in [2.75, 3.05) is 7.11 Å². The fourth-order valence-electron chi connectivity index (χ4n) is 1.85. The van der Waals surface area contributed by atoms with E-state index >= 15 is 0 Å². The van der Waals surface area contributed by atoms with Gasteiger partial charge in [0, 0.05) is 15.1 Å². The number of methoxy groups -OCH3 is 1. The Morgan fingerprint density at radius 1 is 1.08 bits per heavy atom. The van der Waals surface area contributed by atoms with Gasteiger partial charge in [-0.25, -0.2) is 0 Å². The zero-order valence-corrected chi connectivity index (χ0v) is 16.1. The van der Waals surface area contributed by atoms with Gasteiger partial charge in [0.15, 0.2) is 5.11 Å². The lowest BCUT2D eigenvalue weighted by Gasteiger charge is -2.12. The lowest BCUT2D eigenvalue weighted by Crippen LogP contribution is -2.48. The first-order valence-corrected chi connectivity index (χ1v) is 8.49. The fourth-order valence-corrected chi connectivity index (χ4v) is 2.48. The first-order valence-electron chi connectivity index (χ1n) is 6.91. The van der Waals surface area contributed by atoms with Crippen LogP contribution in [0.5, 0.6) is 5.75 Å². The van der Waals surface area contributed by atoms with Crippen LogP contribution in [0.3, 0.4) is 0 Å². The molecule has 9 heteroatoms. The highest BCUT2D eigenvalue weighted by Gasteiger charge is 2.14. The molecule has 2 aromatic rings. The number of halogens is 2. The molecule has 0 saturated heterocycles. The minimum atomic E-state index is -0.476. The molecule has 3 N–H and O–H groups in total. The second kappa shape index (κ2) is 8.80. The lowest BCUT2D eigenvalue weighted by molar-refractivity contribution is 0.0934. The summed E-state index contributed by atoms with van der Waals surface area (Å²) in [5.74, 6) is -0.501. The quantitative estimate of drug-likeness (QED) is 0.503. The Bertz CT molecular complexity index is 815. The highest BCUT2D eigenvalue weighted by atomic mass is 79.9. The van der Waals surface area contributed by atoms with Gasteiger partial charge in [0.25, 0.3) is 11.8 Å². The number of carbonyl (C=O) groups is 2. The monoisotopic (exact) mass is 441 g/mol. The Kier molecular flexibility index (Phi) is 6.74. The third-order valence-electron chi connectivity index (χ3n) is 3.03. The number of rotatable bonds is 3. The highest BCUT2D eigenvalue weighted by molar-refractivity contribution is 9.10. The number of amides is 2. The summed E-state index contributed by atoms with van der Waals surface area (Å²) in [7, 11) is 1.46. The molecule has 6 nitrogen and oxygen atoms in total. The minimum absolute atomic E-state index is 0.0608. The highest BCUT2D eigenvalue weighted by Crippen LogP contribution is 2.22. The number of ether oxygens (including phenoxy) is 1. The molecule has 2 amide bonds. The Labute approximate surface area is 163 Å². The summed E-state index contributed by atoms with van der Waals surface area (Å²) in [5.41, 5.74) is 5.53. The van der Waals surface area contributed by atoms with E-state index < -0.39 is 11.8 Å². The van der Waals surface area contributed by atoms with Crippen molar-refractivity contribution in [2.24, 2.45) is 0 Å². The average Bonchev–Trinajstić information content (AvgIpc) is 2.60. The zero-order valence-electron chi connectivity index (χ0n) is 12.9. The van der Waals surface area contributed by atoms with Crippen LogP contribution >= 0.6 is 39.7 Å². The van der Waals surface area contributed by atoms with E-state index in [0.717, 1.165) is 0 Å². The molecule has 25 heavy (non-hydrogen) atoms. The fraction of sp³-hybridized carbons (Fsp3) is 0.0625. The number of nitrogens with one attached hydrogen (secondary N) is 3. The third kappa shape index (κ3) is 5.42. The summed E-state index contributed by atoms with van der Waals surface area (Å²) in [6.45, 7) is 0. The zero-order chi connectivity index (χ0) is 18.4. The standard InChI is InChI=1S/C16H13BrClN3O3S/c1-24-13-7-4-10(17)8-12(13)15(23)19-16(25)21-20-14(22)9-2-5-11(18)6-3-9/h2-8H,1H3,(H,20,22)(H2,19,21,23,25). The van der Waals surface area contributed by atoms with Crippen LogP contribution in [0.2, 0.25) is 5.02 Å². The van der Waals surface area contributed by atoms with Gasteiger partial charge >= 0.3 is 0 Å². The largest absolute Gasteiger partial charge is 0.496 e. The normalized spacial score (nSPS) is 9.88. The second-order valence-corrected chi connectivity index (χ2v) is 6.47. The molecule has 2 rings (SSSR count). The minimum Gasteiger partial charge on any atom is -0.496 e. The van der Waals surface area contributed by atoms with Crippen molar-refractivity contribution >= 4 is 56.7 Å². The number of hydrogen-bond donors (Lipinski definition) is 3. The van der Waals surface area contributed by atoms with E-state index in [1.807, 2.05) is 0 Å².